The van der Waals surface area contributed by atoms with Gasteiger partial charge in [0, 0.05) is 6.04 Å². The van der Waals surface area contributed by atoms with Crippen LogP contribution in [0.3, 0.4) is 0 Å². The summed E-state index contributed by atoms with van der Waals surface area (Å²) in [5.41, 5.74) is 0.607. The minimum atomic E-state index is -0.0560. The highest BCUT2D eigenvalue weighted by molar-refractivity contribution is 4.90. The molecule has 2 atom stereocenters. The summed E-state index contributed by atoms with van der Waals surface area (Å²) in [6.07, 6.45) is 10.0. The Hall–Kier alpha value is -0.0800. The minimum absolute atomic E-state index is 0.0560. The van der Waals surface area contributed by atoms with Gasteiger partial charge in [0.05, 0.1) is 6.10 Å². The van der Waals surface area contributed by atoms with Gasteiger partial charge in [-0.1, -0.05) is 39.5 Å². The molecule has 0 aromatic carbocycles. The monoisotopic (exact) mass is 239 g/mol. The zero-order valence-corrected chi connectivity index (χ0v) is 11.6. The highest BCUT2D eigenvalue weighted by Gasteiger charge is 2.36. The second-order valence-corrected chi connectivity index (χ2v) is 6.16. The van der Waals surface area contributed by atoms with E-state index in [2.05, 4.69) is 18.7 Å². The Morgan fingerprint density at radius 1 is 1.06 bits per heavy atom. The van der Waals surface area contributed by atoms with Crippen molar-refractivity contribution in [3.05, 3.63) is 0 Å². The van der Waals surface area contributed by atoms with Crippen LogP contribution in [0.15, 0.2) is 0 Å². The lowest BCUT2D eigenvalue weighted by atomic mass is 9.73. The average molecular weight is 239 g/mol. The lowest BCUT2D eigenvalue weighted by Crippen LogP contribution is -2.50. The maximum Gasteiger partial charge on any atom is 0.0695 e. The van der Waals surface area contributed by atoms with E-state index in [1.807, 2.05) is 0 Å². The molecule has 17 heavy (non-hydrogen) atoms. The van der Waals surface area contributed by atoms with Crippen LogP contribution in [0, 0.1) is 5.41 Å². The predicted molar refractivity (Wildman–Crippen MR) is 72.1 cm³/mol. The molecule has 0 spiro atoms. The molecule has 2 fully saturated rings. The Morgan fingerprint density at radius 2 is 1.65 bits per heavy atom. The second kappa shape index (κ2) is 5.71. The maximum atomic E-state index is 10.1. The summed E-state index contributed by atoms with van der Waals surface area (Å²) in [5.74, 6) is 0. The summed E-state index contributed by atoms with van der Waals surface area (Å²) >= 11 is 0. The van der Waals surface area contributed by atoms with Crippen LogP contribution in [0.5, 0.6) is 0 Å². The molecule has 2 unspecified atom stereocenters. The molecule has 0 amide bonds. The van der Waals surface area contributed by atoms with E-state index in [0.29, 0.717) is 11.5 Å². The van der Waals surface area contributed by atoms with Gasteiger partial charge in [-0.15, -0.1) is 0 Å². The number of rotatable bonds is 3. The lowest BCUT2D eigenvalue weighted by molar-refractivity contribution is -0.0140. The third-order valence-electron chi connectivity index (χ3n) is 5.52. The van der Waals surface area contributed by atoms with Gasteiger partial charge < -0.3 is 5.11 Å². The van der Waals surface area contributed by atoms with Crippen LogP contribution in [-0.2, 0) is 0 Å². The zero-order chi connectivity index (χ0) is 12.3. The van der Waals surface area contributed by atoms with E-state index in [9.17, 15) is 5.11 Å². The molecule has 0 bridgehead atoms. The van der Waals surface area contributed by atoms with Crippen molar-refractivity contribution in [3.8, 4) is 0 Å². The number of aliphatic hydroxyl groups is 1. The van der Waals surface area contributed by atoms with Crippen molar-refractivity contribution >= 4 is 0 Å². The number of hydrogen-bond donors (Lipinski definition) is 1. The SMILES string of the molecule is CCC1(CC)CCN(C2CCCCC2O)CC1. The van der Waals surface area contributed by atoms with E-state index in [4.69, 9.17) is 0 Å². The highest BCUT2D eigenvalue weighted by Crippen LogP contribution is 2.39. The molecule has 1 aliphatic heterocycles. The Balaban J connectivity index is 1.89. The third-order valence-corrected chi connectivity index (χ3v) is 5.52. The first-order valence-corrected chi connectivity index (χ1v) is 7.63. The lowest BCUT2D eigenvalue weighted by Gasteiger charge is -2.46. The van der Waals surface area contributed by atoms with Gasteiger partial charge in [0.2, 0.25) is 0 Å². The van der Waals surface area contributed by atoms with E-state index >= 15 is 0 Å². The van der Waals surface area contributed by atoms with Gasteiger partial charge in [0.25, 0.3) is 0 Å². The molecule has 1 saturated carbocycles. The smallest absolute Gasteiger partial charge is 0.0695 e. The molecular formula is C15H29NO. The van der Waals surface area contributed by atoms with Crippen molar-refractivity contribution in [2.24, 2.45) is 5.41 Å². The first kappa shape index (κ1) is 13.4. The second-order valence-electron chi connectivity index (χ2n) is 6.16. The molecule has 2 heteroatoms. The number of hydrogen-bond acceptors (Lipinski definition) is 2. The summed E-state index contributed by atoms with van der Waals surface area (Å²) in [5, 5.41) is 10.1. The fourth-order valence-electron chi connectivity index (χ4n) is 3.80. The zero-order valence-electron chi connectivity index (χ0n) is 11.6. The topological polar surface area (TPSA) is 23.5 Å². The number of piperidine rings is 1. The number of likely N-dealkylation sites (tertiary alicyclic amines) is 1. The first-order valence-electron chi connectivity index (χ1n) is 7.63. The van der Waals surface area contributed by atoms with Crippen LogP contribution in [0.25, 0.3) is 0 Å². The Morgan fingerprint density at radius 3 is 2.18 bits per heavy atom. The molecule has 2 nitrogen and oxygen atoms in total. The van der Waals surface area contributed by atoms with Gasteiger partial charge in [0.1, 0.15) is 0 Å². The standard InChI is InChI=1S/C15H29NO/c1-3-15(4-2)9-11-16(12-10-15)13-7-5-6-8-14(13)17/h13-14,17H,3-12H2,1-2H3. The molecule has 1 N–H and O–H groups in total. The molecule has 2 aliphatic rings. The fraction of sp³-hybridized carbons (Fsp3) is 1.00. The van der Waals surface area contributed by atoms with Crippen LogP contribution < -0.4 is 0 Å². The van der Waals surface area contributed by atoms with Gasteiger partial charge in [0.15, 0.2) is 0 Å². The van der Waals surface area contributed by atoms with Crippen molar-refractivity contribution in [2.75, 3.05) is 13.1 Å². The maximum absolute atomic E-state index is 10.1. The molecule has 100 valence electrons. The predicted octanol–water partition coefficient (Wildman–Crippen LogP) is 3.19. The van der Waals surface area contributed by atoms with Gasteiger partial charge in [-0.3, -0.25) is 4.90 Å². The fourth-order valence-corrected chi connectivity index (χ4v) is 3.80. The third kappa shape index (κ3) is 2.85. The molecule has 0 aromatic rings. The molecule has 1 aliphatic carbocycles. The Labute approximate surface area is 106 Å². The normalized spacial score (nSPS) is 34.8. The van der Waals surface area contributed by atoms with Crippen LogP contribution in [-0.4, -0.2) is 35.2 Å². The van der Waals surface area contributed by atoms with Crippen LogP contribution in [0.1, 0.15) is 65.2 Å². The van der Waals surface area contributed by atoms with Gasteiger partial charge in [-0.05, 0) is 44.2 Å². The van der Waals surface area contributed by atoms with E-state index < -0.39 is 0 Å². The van der Waals surface area contributed by atoms with E-state index in [1.165, 1.54) is 58.0 Å². The summed E-state index contributed by atoms with van der Waals surface area (Å²) in [4.78, 5) is 2.58. The molecular weight excluding hydrogens is 210 g/mol. The Bertz CT molecular complexity index is 227. The van der Waals surface area contributed by atoms with E-state index in [1.54, 1.807) is 0 Å². The summed E-state index contributed by atoms with van der Waals surface area (Å²) in [6.45, 7) is 7.11. The molecule has 0 aromatic heterocycles. The minimum Gasteiger partial charge on any atom is -0.391 e. The number of nitrogens with zero attached hydrogens (tertiary/aromatic N) is 1. The molecule has 1 saturated heterocycles. The first-order chi connectivity index (χ1) is 8.21. The molecule has 1 heterocycles. The van der Waals surface area contributed by atoms with Crippen molar-refractivity contribution in [1.82, 2.24) is 4.90 Å². The van der Waals surface area contributed by atoms with Crippen LogP contribution in [0.2, 0.25) is 0 Å². The van der Waals surface area contributed by atoms with Crippen molar-refractivity contribution in [3.63, 3.8) is 0 Å². The molecule has 0 radical (unpaired) electrons. The van der Waals surface area contributed by atoms with Crippen LogP contribution >= 0.6 is 0 Å². The average Bonchev–Trinajstić information content (AvgIpc) is 2.40. The summed E-state index contributed by atoms with van der Waals surface area (Å²) < 4.78 is 0. The van der Waals surface area contributed by atoms with Gasteiger partial charge in [-0.2, -0.15) is 0 Å². The van der Waals surface area contributed by atoms with E-state index in [-0.39, 0.29) is 6.10 Å². The quantitative estimate of drug-likeness (QED) is 0.817. The summed E-state index contributed by atoms with van der Waals surface area (Å²) in [7, 11) is 0. The van der Waals surface area contributed by atoms with Crippen molar-refractivity contribution in [2.45, 2.75) is 77.4 Å². The van der Waals surface area contributed by atoms with Gasteiger partial charge in [-0.25, -0.2) is 0 Å². The summed E-state index contributed by atoms with van der Waals surface area (Å²) in [6, 6.07) is 0.468. The number of aliphatic hydroxyl groups excluding tert-OH is 1. The van der Waals surface area contributed by atoms with Gasteiger partial charge >= 0.3 is 0 Å². The molecule has 2 rings (SSSR count). The highest BCUT2D eigenvalue weighted by atomic mass is 16.3. The Kier molecular flexibility index (Phi) is 4.48. The van der Waals surface area contributed by atoms with E-state index in [0.717, 1.165) is 6.42 Å². The van der Waals surface area contributed by atoms with Crippen molar-refractivity contribution in [1.29, 1.82) is 0 Å². The largest absolute Gasteiger partial charge is 0.391 e. The van der Waals surface area contributed by atoms with Crippen molar-refractivity contribution < 1.29 is 5.11 Å². The van der Waals surface area contributed by atoms with Crippen LogP contribution in [0.4, 0.5) is 0 Å².